The number of carboxylic acids is 1. The topological polar surface area (TPSA) is 37.3 Å². The Hall–Kier alpha value is -0.0500. The van der Waals surface area contributed by atoms with Crippen molar-refractivity contribution in [1.82, 2.24) is 0 Å². The van der Waals surface area contributed by atoms with Crippen molar-refractivity contribution in [3.63, 3.8) is 0 Å². The second-order valence-electron chi connectivity index (χ2n) is 3.53. The molecule has 1 N–H and O–H groups in total. The standard InChI is InChI=1S/C10H19BrO2/c1-4-6-7-10(5-2,8(3)11)9(12)13/h8H,4-7H2,1-3H3,(H,12,13). The molecule has 0 aliphatic carbocycles. The van der Waals surface area contributed by atoms with Crippen molar-refractivity contribution >= 4 is 21.9 Å². The Morgan fingerprint density at radius 3 is 2.31 bits per heavy atom. The zero-order valence-corrected chi connectivity index (χ0v) is 10.2. The molecule has 0 heterocycles. The third kappa shape index (κ3) is 2.97. The van der Waals surface area contributed by atoms with Crippen LogP contribution in [0.15, 0.2) is 0 Å². The van der Waals surface area contributed by atoms with Gasteiger partial charge in [-0.15, -0.1) is 0 Å². The van der Waals surface area contributed by atoms with Gasteiger partial charge in [-0.1, -0.05) is 49.5 Å². The van der Waals surface area contributed by atoms with Gasteiger partial charge >= 0.3 is 5.97 Å². The Kier molecular flexibility index (Phi) is 5.61. The lowest BCUT2D eigenvalue weighted by atomic mass is 9.78. The molecule has 78 valence electrons. The van der Waals surface area contributed by atoms with E-state index in [2.05, 4.69) is 22.9 Å². The van der Waals surface area contributed by atoms with Gasteiger partial charge in [-0.2, -0.15) is 0 Å². The molecule has 3 heteroatoms. The van der Waals surface area contributed by atoms with Crippen LogP contribution in [0.25, 0.3) is 0 Å². The van der Waals surface area contributed by atoms with Crippen LogP contribution in [-0.2, 0) is 4.79 Å². The monoisotopic (exact) mass is 250 g/mol. The number of carbonyl (C=O) groups is 1. The first kappa shape index (κ1) is 12.9. The van der Waals surface area contributed by atoms with Crippen molar-refractivity contribution in [2.24, 2.45) is 5.41 Å². The average Bonchev–Trinajstić information content (AvgIpc) is 2.05. The van der Waals surface area contributed by atoms with E-state index < -0.39 is 11.4 Å². The molecule has 0 radical (unpaired) electrons. The number of alkyl halides is 1. The minimum atomic E-state index is -0.673. The van der Waals surface area contributed by atoms with Crippen LogP contribution >= 0.6 is 15.9 Å². The molecule has 0 aromatic heterocycles. The van der Waals surface area contributed by atoms with Gasteiger partial charge in [0, 0.05) is 4.83 Å². The highest BCUT2D eigenvalue weighted by molar-refractivity contribution is 9.09. The predicted octanol–water partition coefficient (Wildman–Crippen LogP) is 3.44. The lowest BCUT2D eigenvalue weighted by molar-refractivity contribution is -0.149. The first-order valence-electron chi connectivity index (χ1n) is 4.88. The van der Waals surface area contributed by atoms with Gasteiger partial charge in [-0.25, -0.2) is 0 Å². The van der Waals surface area contributed by atoms with E-state index in [0.29, 0.717) is 6.42 Å². The second kappa shape index (κ2) is 5.63. The Balaban J connectivity index is 4.55. The van der Waals surface area contributed by atoms with E-state index in [-0.39, 0.29) is 4.83 Å². The first-order valence-corrected chi connectivity index (χ1v) is 5.80. The van der Waals surface area contributed by atoms with E-state index in [1.165, 1.54) is 0 Å². The van der Waals surface area contributed by atoms with E-state index in [0.717, 1.165) is 19.3 Å². The number of unbranched alkanes of at least 4 members (excludes halogenated alkanes) is 1. The Bertz CT molecular complexity index is 168. The highest BCUT2D eigenvalue weighted by atomic mass is 79.9. The van der Waals surface area contributed by atoms with Crippen molar-refractivity contribution in [2.45, 2.75) is 51.3 Å². The van der Waals surface area contributed by atoms with Gasteiger partial charge in [-0.3, -0.25) is 4.79 Å². The summed E-state index contributed by atoms with van der Waals surface area (Å²) in [6, 6.07) is 0. The van der Waals surface area contributed by atoms with E-state index in [4.69, 9.17) is 0 Å². The van der Waals surface area contributed by atoms with E-state index in [1.54, 1.807) is 0 Å². The van der Waals surface area contributed by atoms with Crippen LogP contribution in [0, 0.1) is 5.41 Å². The quantitative estimate of drug-likeness (QED) is 0.734. The van der Waals surface area contributed by atoms with Crippen molar-refractivity contribution in [2.75, 3.05) is 0 Å². The molecule has 13 heavy (non-hydrogen) atoms. The molecule has 0 aromatic rings. The number of carboxylic acid groups (broad SMARTS) is 1. The molecular weight excluding hydrogens is 232 g/mol. The van der Waals surface area contributed by atoms with Gasteiger partial charge in [-0.05, 0) is 12.8 Å². The largest absolute Gasteiger partial charge is 0.481 e. The van der Waals surface area contributed by atoms with Gasteiger partial charge in [0.2, 0.25) is 0 Å². The van der Waals surface area contributed by atoms with Gasteiger partial charge in [0.15, 0.2) is 0 Å². The average molecular weight is 251 g/mol. The Labute approximate surface area is 88.8 Å². The van der Waals surface area contributed by atoms with Gasteiger partial charge < -0.3 is 5.11 Å². The summed E-state index contributed by atoms with van der Waals surface area (Å²) in [4.78, 5) is 11.2. The fourth-order valence-electron chi connectivity index (χ4n) is 1.58. The molecular formula is C10H19BrO2. The predicted molar refractivity (Wildman–Crippen MR) is 58.3 cm³/mol. The minimum absolute atomic E-state index is 0.0362. The molecule has 2 atom stereocenters. The number of rotatable bonds is 6. The van der Waals surface area contributed by atoms with Crippen LogP contribution in [-0.4, -0.2) is 15.9 Å². The molecule has 0 amide bonds. The van der Waals surface area contributed by atoms with Crippen LogP contribution in [0.5, 0.6) is 0 Å². The van der Waals surface area contributed by atoms with Crippen molar-refractivity contribution < 1.29 is 9.90 Å². The number of hydrogen-bond donors (Lipinski definition) is 1. The highest BCUT2D eigenvalue weighted by Gasteiger charge is 2.40. The maximum Gasteiger partial charge on any atom is 0.310 e. The SMILES string of the molecule is CCCCC(CC)(C(=O)O)C(C)Br. The zero-order chi connectivity index (χ0) is 10.5. The molecule has 0 aromatic carbocycles. The summed E-state index contributed by atoms with van der Waals surface area (Å²) in [7, 11) is 0. The van der Waals surface area contributed by atoms with Gasteiger partial charge in [0.1, 0.15) is 0 Å². The summed E-state index contributed by atoms with van der Waals surface area (Å²) in [5.74, 6) is -0.673. The molecule has 0 aliphatic rings. The fourth-order valence-corrected chi connectivity index (χ4v) is 2.33. The van der Waals surface area contributed by atoms with Crippen LogP contribution in [0.3, 0.4) is 0 Å². The molecule has 0 saturated heterocycles. The second-order valence-corrected chi connectivity index (χ2v) is 4.91. The Morgan fingerprint density at radius 2 is 2.08 bits per heavy atom. The smallest absolute Gasteiger partial charge is 0.310 e. The molecule has 0 rings (SSSR count). The van der Waals surface area contributed by atoms with Gasteiger partial charge in [0.05, 0.1) is 5.41 Å². The number of aliphatic carboxylic acids is 1. The summed E-state index contributed by atoms with van der Waals surface area (Å²) >= 11 is 3.41. The van der Waals surface area contributed by atoms with Crippen molar-refractivity contribution in [3.05, 3.63) is 0 Å². The zero-order valence-electron chi connectivity index (χ0n) is 8.64. The summed E-state index contributed by atoms with van der Waals surface area (Å²) in [5.41, 5.74) is -0.573. The molecule has 0 bridgehead atoms. The minimum Gasteiger partial charge on any atom is -0.481 e. The fraction of sp³-hybridized carbons (Fsp3) is 0.900. The van der Waals surface area contributed by atoms with Crippen molar-refractivity contribution in [3.8, 4) is 0 Å². The van der Waals surface area contributed by atoms with E-state index >= 15 is 0 Å². The van der Waals surface area contributed by atoms with E-state index in [9.17, 15) is 9.90 Å². The molecule has 2 unspecified atom stereocenters. The van der Waals surface area contributed by atoms with Crippen LogP contribution in [0.2, 0.25) is 0 Å². The van der Waals surface area contributed by atoms with Crippen LogP contribution in [0.1, 0.15) is 46.5 Å². The molecule has 0 fully saturated rings. The Morgan fingerprint density at radius 1 is 1.54 bits per heavy atom. The summed E-state index contributed by atoms with van der Waals surface area (Å²) in [5, 5.41) is 9.19. The molecule has 0 spiro atoms. The maximum absolute atomic E-state index is 11.2. The first-order chi connectivity index (χ1) is 6.01. The molecule has 0 saturated carbocycles. The maximum atomic E-state index is 11.2. The lowest BCUT2D eigenvalue weighted by Gasteiger charge is -2.30. The number of halogens is 1. The highest BCUT2D eigenvalue weighted by Crippen LogP contribution is 2.37. The summed E-state index contributed by atoms with van der Waals surface area (Å²) < 4.78 is 0. The normalized spacial score (nSPS) is 17.8. The summed E-state index contributed by atoms with van der Waals surface area (Å²) in [6.07, 6.45) is 3.49. The third-order valence-electron chi connectivity index (χ3n) is 2.79. The number of hydrogen-bond acceptors (Lipinski definition) is 1. The molecule has 0 aliphatic heterocycles. The molecule has 2 nitrogen and oxygen atoms in total. The van der Waals surface area contributed by atoms with E-state index in [1.807, 2.05) is 13.8 Å². The van der Waals surface area contributed by atoms with Crippen molar-refractivity contribution in [1.29, 1.82) is 0 Å². The van der Waals surface area contributed by atoms with Crippen LogP contribution < -0.4 is 0 Å². The lowest BCUT2D eigenvalue weighted by Crippen LogP contribution is -2.37. The van der Waals surface area contributed by atoms with Gasteiger partial charge in [0.25, 0.3) is 0 Å². The summed E-state index contributed by atoms with van der Waals surface area (Å²) in [6.45, 7) is 5.95. The third-order valence-corrected chi connectivity index (χ3v) is 3.67. The van der Waals surface area contributed by atoms with Crippen LogP contribution in [0.4, 0.5) is 0 Å².